The zero-order valence-corrected chi connectivity index (χ0v) is 19.4. The van der Waals surface area contributed by atoms with Crippen molar-refractivity contribution in [3.63, 3.8) is 0 Å². The maximum atomic E-state index is 12.2. The van der Waals surface area contributed by atoms with Gasteiger partial charge in [-0.2, -0.15) is 5.10 Å². The highest BCUT2D eigenvalue weighted by Gasteiger charge is 2.27. The third-order valence-corrected chi connectivity index (χ3v) is 5.21. The number of aromatic nitrogens is 5. The standard InChI is InChI=1S/C23H29N7O3/c1-23(2,3)33-22(31)29-14-10-16(11-15-29)25-20-9-7-18(27-28-20)17-6-8-19(21(26-17)32-4)30-13-5-12-24-30/h5-9,12-13,16H,10-11,14-15H2,1-4H3,(H,25,28). The van der Waals surface area contributed by atoms with Crippen LogP contribution in [0.1, 0.15) is 33.6 Å². The second-order valence-corrected chi connectivity index (χ2v) is 8.87. The third kappa shape index (κ3) is 5.57. The van der Waals surface area contributed by atoms with E-state index in [4.69, 9.17) is 9.47 Å². The Morgan fingerprint density at radius 2 is 1.85 bits per heavy atom. The van der Waals surface area contributed by atoms with E-state index in [9.17, 15) is 4.79 Å². The lowest BCUT2D eigenvalue weighted by atomic mass is 10.1. The molecule has 0 unspecified atom stereocenters. The van der Waals surface area contributed by atoms with Crippen molar-refractivity contribution in [1.29, 1.82) is 0 Å². The summed E-state index contributed by atoms with van der Waals surface area (Å²) in [5.74, 6) is 1.14. The third-order valence-electron chi connectivity index (χ3n) is 5.21. The summed E-state index contributed by atoms with van der Waals surface area (Å²) >= 11 is 0. The van der Waals surface area contributed by atoms with Gasteiger partial charge in [-0.25, -0.2) is 14.5 Å². The van der Waals surface area contributed by atoms with Crippen LogP contribution in [0.25, 0.3) is 17.1 Å². The number of methoxy groups -OCH3 is 1. The number of hydrogen-bond donors (Lipinski definition) is 1. The number of hydrogen-bond acceptors (Lipinski definition) is 8. The van der Waals surface area contributed by atoms with Gasteiger partial charge in [0.15, 0.2) is 0 Å². The van der Waals surface area contributed by atoms with E-state index in [1.54, 1.807) is 22.9 Å². The van der Waals surface area contributed by atoms with Gasteiger partial charge in [0, 0.05) is 31.5 Å². The molecular weight excluding hydrogens is 422 g/mol. The van der Waals surface area contributed by atoms with E-state index >= 15 is 0 Å². The molecule has 3 aromatic heterocycles. The zero-order valence-electron chi connectivity index (χ0n) is 19.4. The van der Waals surface area contributed by atoms with Gasteiger partial charge in [0.1, 0.15) is 22.8 Å². The molecule has 0 aromatic carbocycles. The summed E-state index contributed by atoms with van der Waals surface area (Å²) in [5, 5.41) is 16.3. The minimum Gasteiger partial charge on any atom is -0.479 e. The first-order valence-electron chi connectivity index (χ1n) is 11.0. The Morgan fingerprint density at radius 1 is 1.09 bits per heavy atom. The highest BCUT2D eigenvalue weighted by atomic mass is 16.6. The average molecular weight is 452 g/mol. The molecule has 0 bridgehead atoms. The number of rotatable bonds is 5. The summed E-state index contributed by atoms with van der Waals surface area (Å²) in [5.41, 5.74) is 1.57. The molecule has 174 valence electrons. The number of amides is 1. The minimum atomic E-state index is -0.484. The number of pyridine rings is 1. The highest BCUT2D eigenvalue weighted by Crippen LogP contribution is 2.25. The summed E-state index contributed by atoms with van der Waals surface area (Å²) in [7, 11) is 1.58. The molecule has 33 heavy (non-hydrogen) atoms. The van der Waals surface area contributed by atoms with Crippen molar-refractivity contribution in [2.45, 2.75) is 45.3 Å². The van der Waals surface area contributed by atoms with Gasteiger partial charge in [-0.3, -0.25) is 0 Å². The number of carbonyl (C=O) groups excluding carboxylic acids is 1. The van der Waals surface area contributed by atoms with Gasteiger partial charge in [-0.05, 0) is 63.9 Å². The van der Waals surface area contributed by atoms with E-state index in [0.29, 0.717) is 36.2 Å². The van der Waals surface area contributed by atoms with Crippen molar-refractivity contribution < 1.29 is 14.3 Å². The number of likely N-dealkylation sites (tertiary alicyclic amines) is 1. The predicted octanol–water partition coefficient (Wildman–Crippen LogP) is 3.54. The molecule has 0 aliphatic carbocycles. The molecule has 1 aliphatic heterocycles. The number of ether oxygens (including phenoxy) is 2. The lowest BCUT2D eigenvalue weighted by Crippen LogP contribution is -2.44. The molecule has 1 fully saturated rings. The van der Waals surface area contributed by atoms with E-state index in [1.165, 1.54) is 0 Å². The number of anilines is 1. The Morgan fingerprint density at radius 3 is 2.45 bits per heavy atom. The molecule has 10 nitrogen and oxygen atoms in total. The summed E-state index contributed by atoms with van der Waals surface area (Å²) in [6.45, 7) is 6.91. The van der Waals surface area contributed by atoms with Gasteiger partial charge in [0.25, 0.3) is 0 Å². The van der Waals surface area contributed by atoms with Crippen LogP contribution in [0.5, 0.6) is 5.88 Å². The molecule has 10 heteroatoms. The SMILES string of the molecule is COc1nc(-c2ccc(NC3CCN(C(=O)OC(C)(C)C)CC3)nn2)ccc1-n1cccn1. The van der Waals surface area contributed by atoms with Crippen LogP contribution in [0.15, 0.2) is 42.7 Å². The highest BCUT2D eigenvalue weighted by molar-refractivity contribution is 5.68. The monoisotopic (exact) mass is 451 g/mol. The van der Waals surface area contributed by atoms with Crippen LogP contribution in [0.2, 0.25) is 0 Å². The molecule has 1 N–H and O–H groups in total. The molecule has 4 rings (SSSR count). The molecule has 1 amide bonds. The molecule has 1 saturated heterocycles. The van der Waals surface area contributed by atoms with Gasteiger partial charge in [-0.15, -0.1) is 10.2 Å². The first kappa shape index (κ1) is 22.5. The van der Waals surface area contributed by atoms with Crippen LogP contribution in [0.3, 0.4) is 0 Å². The Bertz CT molecular complexity index is 1070. The quantitative estimate of drug-likeness (QED) is 0.628. The summed E-state index contributed by atoms with van der Waals surface area (Å²) in [6.07, 6.45) is 4.90. The summed E-state index contributed by atoms with van der Waals surface area (Å²) in [4.78, 5) is 18.5. The van der Waals surface area contributed by atoms with Crippen molar-refractivity contribution in [1.82, 2.24) is 29.9 Å². The van der Waals surface area contributed by atoms with Crippen LogP contribution in [0.4, 0.5) is 10.6 Å². The molecule has 0 saturated carbocycles. The van der Waals surface area contributed by atoms with Crippen molar-refractivity contribution in [3.05, 3.63) is 42.7 Å². The Balaban J connectivity index is 1.36. The van der Waals surface area contributed by atoms with E-state index < -0.39 is 5.60 Å². The smallest absolute Gasteiger partial charge is 0.410 e. The van der Waals surface area contributed by atoms with Gasteiger partial charge >= 0.3 is 6.09 Å². The van der Waals surface area contributed by atoms with Crippen LogP contribution >= 0.6 is 0 Å². The Hall–Kier alpha value is -3.69. The molecule has 3 aromatic rings. The fraction of sp³-hybridized carbons (Fsp3) is 0.435. The van der Waals surface area contributed by atoms with Crippen LogP contribution < -0.4 is 10.1 Å². The van der Waals surface area contributed by atoms with Crippen molar-refractivity contribution >= 4 is 11.9 Å². The molecule has 1 aliphatic rings. The lowest BCUT2D eigenvalue weighted by Gasteiger charge is -2.33. The largest absolute Gasteiger partial charge is 0.479 e. The predicted molar refractivity (Wildman–Crippen MR) is 123 cm³/mol. The first-order chi connectivity index (χ1) is 15.8. The Labute approximate surface area is 192 Å². The van der Waals surface area contributed by atoms with Crippen LogP contribution in [0, 0.1) is 0 Å². The second-order valence-electron chi connectivity index (χ2n) is 8.87. The van der Waals surface area contributed by atoms with Crippen molar-refractivity contribution in [2.24, 2.45) is 0 Å². The topological polar surface area (TPSA) is 107 Å². The van der Waals surface area contributed by atoms with Crippen LogP contribution in [-0.2, 0) is 4.74 Å². The van der Waals surface area contributed by atoms with Crippen molar-refractivity contribution in [2.75, 3.05) is 25.5 Å². The fourth-order valence-corrected chi connectivity index (χ4v) is 3.60. The first-order valence-corrected chi connectivity index (χ1v) is 11.0. The Kier molecular flexibility index (Phi) is 6.43. The van der Waals surface area contributed by atoms with Gasteiger partial charge in [-0.1, -0.05) is 0 Å². The van der Waals surface area contributed by atoms with Gasteiger partial charge < -0.3 is 19.7 Å². The number of nitrogens with one attached hydrogen (secondary N) is 1. The molecule has 4 heterocycles. The normalized spacial score (nSPS) is 14.7. The zero-order chi connectivity index (χ0) is 23.4. The fourth-order valence-electron chi connectivity index (χ4n) is 3.60. The van der Waals surface area contributed by atoms with Gasteiger partial charge in [0.2, 0.25) is 5.88 Å². The summed E-state index contributed by atoms with van der Waals surface area (Å²) in [6, 6.07) is 9.57. The van der Waals surface area contributed by atoms with E-state index in [-0.39, 0.29) is 12.1 Å². The van der Waals surface area contributed by atoms with E-state index in [0.717, 1.165) is 18.5 Å². The lowest BCUT2D eigenvalue weighted by molar-refractivity contribution is 0.0210. The minimum absolute atomic E-state index is 0.218. The van der Waals surface area contributed by atoms with Crippen molar-refractivity contribution in [3.8, 4) is 23.0 Å². The maximum absolute atomic E-state index is 12.2. The van der Waals surface area contributed by atoms with Gasteiger partial charge in [0.05, 0.1) is 12.8 Å². The molecule has 0 atom stereocenters. The van der Waals surface area contributed by atoms with E-state index in [2.05, 4.69) is 25.6 Å². The summed E-state index contributed by atoms with van der Waals surface area (Å²) < 4.78 is 12.6. The molecule has 0 radical (unpaired) electrons. The number of carbonyl (C=O) groups is 1. The number of nitrogens with zero attached hydrogens (tertiary/aromatic N) is 6. The second kappa shape index (κ2) is 9.43. The number of piperidine rings is 1. The average Bonchev–Trinajstić information content (AvgIpc) is 3.33. The van der Waals surface area contributed by atoms with Crippen LogP contribution in [-0.4, -0.2) is 67.8 Å². The van der Waals surface area contributed by atoms with E-state index in [1.807, 2.05) is 57.3 Å². The molecular formula is C23H29N7O3. The maximum Gasteiger partial charge on any atom is 0.410 e. The molecule has 0 spiro atoms.